The second kappa shape index (κ2) is 11.9. The Morgan fingerprint density at radius 1 is 0.625 bits per heavy atom. The Bertz CT molecular complexity index is 1030. The van der Waals surface area contributed by atoms with Gasteiger partial charge in [0.1, 0.15) is 0 Å². The topological polar surface area (TPSA) is 40.5 Å². The average Bonchev–Trinajstić information content (AvgIpc) is 2.95. The molecular weight excluding hydrogens is 481 g/mol. The van der Waals surface area contributed by atoms with Gasteiger partial charge >= 0.3 is 33.3 Å². The zero-order valence-corrected chi connectivity index (χ0v) is 22.6. The molecule has 0 bridgehead atoms. The van der Waals surface area contributed by atoms with E-state index < -0.39 is 0 Å². The molecule has 0 spiro atoms. The van der Waals surface area contributed by atoms with Crippen molar-refractivity contribution in [2.75, 3.05) is 0 Å². The van der Waals surface area contributed by atoms with E-state index in [4.69, 9.17) is 30.2 Å². The fourth-order valence-electron chi connectivity index (χ4n) is 4.01. The first kappa shape index (κ1) is 26.4. The van der Waals surface area contributed by atoms with E-state index in [1.54, 1.807) is 0 Å². The summed E-state index contributed by atoms with van der Waals surface area (Å²) < 4.78 is 0. The molecule has 3 rings (SSSR count). The van der Waals surface area contributed by atoms with E-state index in [1.807, 2.05) is 12.4 Å². The van der Waals surface area contributed by atoms with Gasteiger partial charge in [-0.1, -0.05) is 35.4 Å². The van der Waals surface area contributed by atoms with Crippen LogP contribution in [-0.4, -0.2) is 17.4 Å². The van der Waals surface area contributed by atoms with Crippen molar-refractivity contribution in [1.29, 1.82) is 0 Å². The van der Waals surface area contributed by atoms with Crippen LogP contribution in [0.5, 0.6) is 0 Å². The predicted octanol–water partition coefficient (Wildman–Crippen LogP) is 8.36. The molecule has 2 aromatic carbocycles. The second-order valence-electron chi connectivity index (χ2n) is 8.26. The zero-order valence-electron chi connectivity index (χ0n) is 20.0. The van der Waals surface area contributed by atoms with Crippen molar-refractivity contribution in [3.05, 3.63) is 80.2 Å². The van der Waals surface area contributed by atoms with Crippen molar-refractivity contribution in [3.8, 4) is 0 Å². The number of hydrogen-bond donors (Lipinski definition) is 1. The molecule has 0 saturated heterocycles. The number of H-pyrrole nitrogens is 1. The van der Waals surface area contributed by atoms with Gasteiger partial charge in [-0.2, -0.15) is 0 Å². The first-order chi connectivity index (χ1) is 15.1. The van der Waals surface area contributed by atoms with E-state index in [0.29, 0.717) is 0 Å². The van der Waals surface area contributed by atoms with E-state index in [-0.39, 0.29) is 13.1 Å². The molecule has 3 nitrogen and oxygen atoms in total. The summed E-state index contributed by atoms with van der Waals surface area (Å²) in [5, 5.41) is 0. The van der Waals surface area contributed by atoms with Crippen molar-refractivity contribution in [3.63, 3.8) is 0 Å². The molecular formula is C26H31Cl2FeN3. The molecule has 1 aromatic heterocycles. The SMILES string of the molecule is Cc1cc(C)c(N=Cc2[nH]c(C=Nc3c(C)cc(C)cc3C)c(C)c2C)c(C)c1.[Cl][Fe][Cl]. The molecule has 1 heterocycles. The summed E-state index contributed by atoms with van der Waals surface area (Å²) in [7, 11) is 9.53. The normalized spacial score (nSPS) is 11.4. The first-order valence-electron chi connectivity index (χ1n) is 10.4. The van der Waals surface area contributed by atoms with Gasteiger partial charge < -0.3 is 4.98 Å². The molecule has 0 radical (unpaired) electrons. The van der Waals surface area contributed by atoms with Crippen LogP contribution in [0.4, 0.5) is 11.4 Å². The second-order valence-corrected chi connectivity index (χ2v) is 10.1. The predicted molar refractivity (Wildman–Crippen MR) is 138 cm³/mol. The van der Waals surface area contributed by atoms with Gasteiger partial charge in [0.15, 0.2) is 0 Å². The number of aryl methyl sites for hydroxylation is 6. The number of aromatic nitrogens is 1. The van der Waals surface area contributed by atoms with Crippen LogP contribution in [0.25, 0.3) is 0 Å². The third kappa shape index (κ3) is 6.59. The molecule has 6 heteroatoms. The molecule has 172 valence electrons. The number of nitrogens with one attached hydrogen (secondary N) is 1. The summed E-state index contributed by atoms with van der Waals surface area (Å²) in [6, 6.07) is 8.71. The summed E-state index contributed by atoms with van der Waals surface area (Å²) >= 11 is 0.194. The van der Waals surface area contributed by atoms with Crippen molar-refractivity contribution in [2.45, 2.75) is 55.4 Å². The molecule has 0 atom stereocenters. The van der Waals surface area contributed by atoms with Crippen LogP contribution < -0.4 is 0 Å². The molecule has 0 unspecified atom stereocenters. The molecule has 3 aromatic rings. The number of rotatable bonds is 4. The number of nitrogens with zero attached hydrogens (tertiary/aromatic N) is 2. The molecule has 0 aliphatic heterocycles. The van der Waals surface area contributed by atoms with E-state index in [2.05, 4.69) is 84.6 Å². The number of benzene rings is 2. The maximum atomic E-state index is 4.79. The van der Waals surface area contributed by atoms with Crippen LogP contribution in [-0.2, 0) is 13.1 Å². The summed E-state index contributed by atoms with van der Waals surface area (Å²) in [6.45, 7) is 17.0. The first-order valence-corrected chi connectivity index (χ1v) is 13.4. The molecule has 1 N–H and O–H groups in total. The Hall–Kier alpha value is -1.84. The Labute approximate surface area is 207 Å². The Kier molecular flexibility index (Phi) is 9.79. The number of hydrogen-bond acceptors (Lipinski definition) is 2. The van der Waals surface area contributed by atoms with Crippen LogP contribution in [0.1, 0.15) is 55.9 Å². The molecule has 0 aliphatic carbocycles. The van der Waals surface area contributed by atoms with Crippen LogP contribution in [0.2, 0.25) is 0 Å². The number of halogens is 2. The van der Waals surface area contributed by atoms with Crippen molar-refractivity contribution in [1.82, 2.24) is 4.98 Å². The Morgan fingerprint density at radius 3 is 1.19 bits per heavy atom. The summed E-state index contributed by atoms with van der Waals surface area (Å²) in [5.41, 5.74) is 13.9. The number of aromatic amines is 1. The van der Waals surface area contributed by atoms with Gasteiger partial charge in [-0.15, -0.1) is 0 Å². The van der Waals surface area contributed by atoms with Gasteiger partial charge in [0.05, 0.1) is 35.2 Å². The quantitative estimate of drug-likeness (QED) is 0.270. The van der Waals surface area contributed by atoms with Crippen molar-refractivity contribution in [2.24, 2.45) is 9.98 Å². The summed E-state index contributed by atoms with van der Waals surface area (Å²) in [5.74, 6) is 0. The van der Waals surface area contributed by atoms with E-state index in [0.717, 1.165) is 22.8 Å². The van der Waals surface area contributed by atoms with Crippen LogP contribution in [0.3, 0.4) is 0 Å². The van der Waals surface area contributed by atoms with Crippen LogP contribution >= 0.6 is 20.2 Å². The van der Waals surface area contributed by atoms with Crippen molar-refractivity contribution >= 4 is 44.0 Å². The molecule has 32 heavy (non-hydrogen) atoms. The average molecular weight is 512 g/mol. The van der Waals surface area contributed by atoms with E-state index >= 15 is 0 Å². The van der Waals surface area contributed by atoms with Gasteiger partial charge in [0, 0.05) is 0 Å². The van der Waals surface area contributed by atoms with Gasteiger partial charge in [0.2, 0.25) is 0 Å². The monoisotopic (exact) mass is 511 g/mol. The standard InChI is InChI=1S/C26H31N3.2ClH.Fe/c1-15-9-17(3)25(18(4)10-15)27-13-23-21(7)22(8)24(29-23)14-28-26-19(5)11-16(2)12-20(26)6;;;/h9-14,29H,1-8H3;2*1H;/q;;;+2/p-2. The Balaban J connectivity index is 0.00000114. The number of aliphatic imine (C=N–C) groups is 2. The van der Waals surface area contributed by atoms with Gasteiger partial charge in [-0.25, -0.2) is 0 Å². The van der Waals surface area contributed by atoms with Gasteiger partial charge in [-0.3, -0.25) is 9.98 Å². The minimum absolute atomic E-state index is 0.194. The van der Waals surface area contributed by atoms with Gasteiger partial charge in [0.25, 0.3) is 0 Å². The molecule has 0 aliphatic rings. The fourth-order valence-corrected chi connectivity index (χ4v) is 4.01. The van der Waals surface area contributed by atoms with Crippen molar-refractivity contribution < 1.29 is 13.1 Å². The fraction of sp³-hybridized carbons (Fsp3) is 0.308. The summed E-state index contributed by atoms with van der Waals surface area (Å²) in [6.07, 6.45) is 3.87. The zero-order chi connectivity index (χ0) is 24.0. The third-order valence-electron chi connectivity index (χ3n) is 5.56. The van der Waals surface area contributed by atoms with Crippen LogP contribution in [0.15, 0.2) is 34.3 Å². The minimum atomic E-state index is 0.194. The van der Waals surface area contributed by atoms with Crippen LogP contribution in [0, 0.1) is 55.4 Å². The van der Waals surface area contributed by atoms with Gasteiger partial charge in [-0.05, 0) is 88.8 Å². The molecule has 0 amide bonds. The van der Waals surface area contributed by atoms with E-state index in [1.165, 1.54) is 44.5 Å². The molecule has 0 fully saturated rings. The third-order valence-corrected chi connectivity index (χ3v) is 5.56. The molecule has 0 saturated carbocycles. The Morgan fingerprint density at radius 2 is 0.906 bits per heavy atom. The van der Waals surface area contributed by atoms with E-state index in [9.17, 15) is 0 Å². The maximum absolute atomic E-state index is 4.79. The summed E-state index contributed by atoms with van der Waals surface area (Å²) in [4.78, 5) is 13.1.